The Labute approximate surface area is 162 Å². The Hall–Kier alpha value is -1.96. The molecule has 0 aliphatic carbocycles. The molecule has 26 heavy (non-hydrogen) atoms. The molecule has 2 aromatic carbocycles. The zero-order valence-electron chi connectivity index (χ0n) is 14.8. The molecule has 1 unspecified atom stereocenters. The second-order valence-electron chi connectivity index (χ2n) is 6.09. The summed E-state index contributed by atoms with van der Waals surface area (Å²) in [4.78, 5) is 4.22. The summed E-state index contributed by atoms with van der Waals surface area (Å²) in [5.41, 5.74) is 1.76. The fraction of sp³-hybridized carbons (Fsp3) is 0.211. The molecule has 3 rings (SSSR count). The van der Waals surface area contributed by atoms with Crippen LogP contribution in [0.25, 0.3) is 0 Å². The van der Waals surface area contributed by atoms with E-state index < -0.39 is 16.1 Å². The van der Waals surface area contributed by atoms with Gasteiger partial charge in [-0.25, -0.2) is 13.4 Å². The molecule has 3 aromatic rings. The van der Waals surface area contributed by atoms with Crippen LogP contribution in [0.3, 0.4) is 0 Å². The Bertz CT molecular complexity index is 997. The quantitative estimate of drug-likeness (QED) is 0.612. The summed E-state index contributed by atoms with van der Waals surface area (Å²) < 4.78 is 30.4. The normalized spacial score (nSPS) is 13.1. The fourth-order valence-corrected chi connectivity index (χ4v) is 4.70. The van der Waals surface area contributed by atoms with Crippen LogP contribution in [-0.4, -0.2) is 29.3 Å². The smallest absolute Gasteiger partial charge is 0.262 e. The molecule has 0 N–H and O–H groups in total. The summed E-state index contributed by atoms with van der Waals surface area (Å²) in [5, 5.41) is 0.0491. The molecule has 0 amide bonds. The number of benzene rings is 2. The highest BCUT2D eigenvalue weighted by Gasteiger charge is 2.33. The van der Waals surface area contributed by atoms with Crippen molar-refractivity contribution >= 4 is 26.0 Å². The number of aryl methyl sites for hydroxylation is 2. The van der Waals surface area contributed by atoms with Crippen molar-refractivity contribution in [2.24, 2.45) is 7.05 Å². The zero-order chi connectivity index (χ0) is 18.9. The van der Waals surface area contributed by atoms with Crippen molar-refractivity contribution in [2.45, 2.75) is 18.0 Å². The van der Waals surface area contributed by atoms with E-state index in [0.717, 1.165) is 15.6 Å². The Morgan fingerprint density at radius 3 is 2.27 bits per heavy atom. The summed E-state index contributed by atoms with van der Waals surface area (Å²) in [6.07, 6.45) is 1.54. The molecule has 0 aliphatic rings. The average Bonchev–Trinajstić information content (AvgIpc) is 2.97. The van der Waals surface area contributed by atoms with E-state index in [4.69, 9.17) is 0 Å². The van der Waals surface area contributed by atoms with Crippen molar-refractivity contribution < 1.29 is 8.42 Å². The largest absolute Gasteiger partial charge is 0.337 e. The number of hydrogen-bond acceptors (Lipinski definition) is 3. The van der Waals surface area contributed by atoms with E-state index in [1.807, 2.05) is 54.6 Å². The molecule has 0 fully saturated rings. The van der Waals surface area contributed by atoms with Crippen molar-refractivity contribution in [1.29, 1.82) is 0 Å². The van der Waals surface area contributed by atoms with Crippen molar-refractivity contribution in [3.63, 3.8) is 0 Å². The van der Waals surface area contributed by atoms with Gasteiger partial charge in [0, 0.05) is 24.8 Å². The third-order valence-electron chi connectivity index (χ3n) is 4.41. The van der Waals surface area contributed by atoms with E-state index in [-0.39, 0.29) is 5.03 Å². The molecule has 1 atom stereocenters. The van der Waals surface area contributed by atoms with Gasteiger partial charge in [0.05, 0.1) is 6.04 Å². The van der Waals surface area contributed by atoms with Crippen LogP contribution >= 0.6 is 15.9 Å². The van der Waals surface area contributed by atoms with Gasteiger partial charge < -0.3 is 4.57 Å². The number of nitrogens with zero attached hydrogens (tertiary/aromatic N) is 3. The molecule has 0 radical (unpaired) electrons. The van der Waals surface area contributed by atoms with E-state index >= 15 is 0 Å². The molecular formula is C19H20BrN3O2S. The molecule has 7 heteroatoms. The van der Waals surface area contributed by atoms with Gasteiger partial charge in [-0.2, -0.15) is 4.31 Å². The number of halogens is 1. The third kappa shape index (κ3) is 3.47. The fourth-order valence-electron chi connectivity index (χ4n) is 2.85. The predicted octanol–water partition coefficient (Wildman–Crippen LogP) is 3.90. The molecule has 0 spiro atoms. The van der Waals surface area contributed by atoms with Crippen molar-refractivity contribution in [3.8, 4) is 0 Å². The number of imidazole rings is 1. The summed E-state index contributed by atoms with van der Waals surface area (Å²) >= 11 is 3.56. The second-order valence-corrected chi connectivity index (χ2v) is 8.89. The Kier molecular flexibility index (Phi) is 5.32. The Morgan fingerprint density at radius 2 is 1.69 bits per heavy atom. The van der Waals surface area contributed by atoms with Crippen molar-refractivity contribution in [1.82, 2.24) is 13.9 Å². The van der Waals surface area contributed by atoms with E-state index in [0.29, 0.717) is 5.82 Å². The van der Waals surface area contributed by atoms with Gasteiger partial charge in [-0.15, -0.1) is 0 Å². The lowest BCUT2D eigenvalue weighted by Gasteiger charge is -2.28. The first-order valence-electron chi connectivity index (χ1n) is 8.09. The van der Waals surface area contributed by atoms with Gasteiger partial charge in [-0.1, -0.05) is 64.5 Å². The molecule has 0 aliphatic heterocycles. The molecule has 0 bridgehead atoms. The first-order chi connectivity index (χ1) is 12.3. The van der Waals surface area contributed by atoms with Crippen LogP contribution in [0.4, 0.5) is 0 Å². The van der Waals surface area contributed by atoms with E-state index in [9.17, 15) is 8.42 Å². The molecule has 1 aromatic heterocycles. The molecule has 0 saturated heterocycles. The van der Waals surface area contributed by atoms with Gasteiger partial charge in [0.1, 0.15) is 5.82 Å². The maximum absolute atomic E-state index is 13.2. The van der Waals surface area contributed by atoms with Gasteiger partial charge in [0.15, 0.2) is 5.03 Å². The van der Waals surface area contributed by atoms with Crippen LogP contribution in [-0.2, 0) is 17.1 Å². The molecule has 0 saturated carbocycles. The molecule has 136 valence electrons. The lowest BCUT2D eigenvalue weighted by atomic mass is 9.99. The van der Waals surface area contributed by atoms with Crippen LogP contribution in [0.1, 0.15) is 23.0 Å². The van der Waals surface area contributed by atoms with Gasteiger partial charge in [-0.3, -0.25) is 0 Å². The number of aromatic nitrogens is 2. The summed E-state index contributed by atoms with van der Waals surface area (Å²) in [7, 11) is -0.397. The van der Waals surface area contributed by atoms with Gasteiger partial charge in [0.25, 0.3) is 10.0 Å². The number of rotatable bonds is 5. The van der Waals surface area contributed by atoms with E-state index in [2.05, 4.69) is 20.9 Å². The minimum Gasteiger partial charge on any atom is -0.337 e. The topological polar surface area (TPSA) is 55.2 Å². The minimum atomic E-state index is -3.77. The van der Waals surface area contributed by atoms with Gasteiger partial charge in [0.2, 0.25) is 0 Å². The summed E-state index contributed by atoms with van der Waals surface area (Å²) in [5.74, 6) is 0.647. The summed E-state index contributed by atoms with van der Waals surface area (Å²) in [6, 6.07) is 16.8. The summed E-state index contributed by atoms with van der Waals surface area (Å²) in [6.45, 7) is 1.78. The van der Waals surface area contributed by atoms with Gasteiger partial charge in [-0.05, 0) is 24.1 Å². The highest BCUT2D eigenvalue weighted by molar-refractivity contribution is 9.10. The second kappa shape index (κ2) is 7.34. The minimum absolute atomic E-state index is 0.0491. The Morgan fingerprint density at radius 1 is 1.08 bits per heavy atom. The van der Waals surface area contributed by atoms with Crippen LogP contribution in [0.15, 0.2) is 70.3 Å². The average molecular weight is 434 g/mol. The van der Waals surface area contributed by atoms with Crippen LogP contribution < -0.4 is 0 Å². The number of sulfonamides is 1. The van der Waals surface area contributed by atoms with Crippen LogP contribution in [0.5, 0.6) is 0 Å². The molecular weight excluding hydrogens is 414 g/mol. The predicted molar refractivity (Wildman–Crippen MR) is 105 cm³/mol. The molecule has 5 nitrogen and oxygen atoms in total. The maximum Gasteiger partial charge on any atom is 0.262 e. The van der Waals surface area contributed by atoms with Crippen molar-refractivity contribution in [2.75, 3.05) is 7.05 Å². The lowest BCUT2D eigenvalue weighted by molar-refractivity contribution is 0.415. The highest BCUT2D eigenvalue weighted by atomic mass is 79.9. The standard InChI is InChI=1S/C19H20BrN3O2S/c1-14-21-18(13-22(14)2)26(24,25)23(3)19(15-9-5-4-6-10-15)16-11-7-8-12-17(16)20/h4-13,19H,1-3H3. The Balaban J connectivity index is 2.14. The van der Waals surface area contributed by atoms with E-state index in [1.165, 1.54) is 4.31 Å². The monoisotopic (exact) mass is 433 g/mol. The third-order valence-corrected chi connectivity index (χ3v) is 6.83. The highest BCUT2D eigenvalue weighted by Crippen LogP contribution is 2.35. The van der Waals surface area contributed by atoms with Crippen LogP contribution in [0.2, 0.25) is 0 Å². The first kappa shape index (κ1) is 18.8. The lowest BCUT2D eigenvalue weighted by Crippen LogP contribution is -2.32. The SMILES string of the molecule is Cc1nc(S(=O)(=O)N(C)C(c2ccccc2)c2ccccc2Br)cn1C. The molecule has 1 heterocycles. The zero-order valence-corrected chi connectivity index (χ0v) is 17.2. The van der Waals surface area contributed by atoms with Gasteiger partial charge >= 0.3 is 0 Å². The first-order valence-corrected chi connectivity index (χ1v) is 10.3. The van der Waals surface area contributed by atoms with Crippen LogP contribution in [0, 0.1) is 6.92 Å². The van der Waals surface area contributed by atoms with E-state index in [1.54, 1.807) is 31.8 Å². The maximum atomic E-state index is 13.2. The number of hydrogen-bond donors (Lipinski definition) is 0. The van der Waals surface area contributed by atoms with Crippen molar-refractivity contribution in [3.05, 3.63) is 82.2 Å².